The Morgan fingerprint density at radius 1 is 0.871 bits per heavy atom. The van der Waals surface area contributed by atoms with Crippen molar-refractivity contribution < 1.29 is 23.9 Å². The van der Waals surface area contributed by atoms with E-state index in [0.717, 1.165) is 0 Å². The zero-order valence-corrected chi connectivity index (χ0v) is 16.8. The van der Waals surface area contributed by atoms with Gasteiger partial charge in [0.2, 0.25) is 0 Å². The Balaban J connectivity index is 1.48. The number of anilines is 1. The predicted octanol–water partition coefficient (Wildman–Crippen LogP) is 4.18. The van der Waals surface area contributed by atoms with Gasteiger partial charge in [-0.2, -0.15) is 0 Å². The summed E-state index contributed by atoms with van der Waals surface area (Å²) in [6.45, 7) is -0.228. The zero-order valence-electron chi connectivity index (χ0n) is 16.8. The van der Waals surface area contributed by atoms with Gasteiger partial charge in [-0.1, -0.05) is 42.5 Å². The number of para-hydroxylation sites is 1. The van der Waals surface area contributed by atoms with Crippen molar-refractivity contribution in [3.8, 4) is 11.5 Å². The summed E-state index contributed by atoms with van der Waals surface area (Å²) in [5.74, 6) is 0.124. The maximum atomic E-state index is 12.6. The second-order valence-corrected chi connectivity index (χ2v) is 6.87. The van der Waals surface area contributed by atoms with Gasteiger partial charge in [-0.3, -0.25) is 14.4 Å². The SMILES string of the molecule is COc1ccc(NC(=O)COc2ccccc2C=C2C(=O)c3ccccc3C2=O)cc1. The molecular weight excluding hydrogens is 394 g/mol. The molecule has 0 heterocycles. The van der Waals surface area contributed by atoms with Gasteiger partial charge in [-0.15, -0.1) is 0 Å². The van der Waals surface area contributed by atoms with Crippen LogP contribution in [0.2, 0.25) is 0 Å². The molecule has 0 unspecified atom stereocenters. The van der Waals surface area contributed by atoms with E-state index >= 15 is 0 Å². The highest BCUT2D eigenvalue weighted by molar-refractivity contribution is 6.41. The normalized spacial score (nSPS) is 12.4. The van der Waals surface area contributed by atoms with Gasteiger partial charge in [0.15, 0.2) is 18.2 Å². The fourth-order valence-corrected chi connectivity index (χ4v) is 3.30. The fraction of sp³-hybridized carbons (Fsp3) is 0.0800. The average Bonchev–Trinajstić information content (AvgIpc) is 3.04. The van der Waals surface area contributed by atoms with E-state index in [1.807, 2.05) is 0 Å². The van der Waals surface area contributed by atoms with E-state index in [-0.39, 0.29) is 29.7 Å². The van der Waals surface area contributed by atoms with Crippen LogP contribution in [-0.4, -0.2) is 31.2 Å². The topological polar surface area (TPSA) is 81.7 Å². The van der Waals surface area contributed by atoms with Crippen molar-refractivity contribution in [2.45, 2.75) is 0 Å². The highest BCUT2D eigenvalue weighted by atomic mass is 16.5. The molecular formula is C25H19NO5. The molecule has 0 spiro atoms. The summed E-state index contributed by atoms with van der Waals surface area (Å²) in [6, 6.07) is 20.6. The highest BCUT2D eigenvalue weighted by Gasteiger charge is 2.32. The van der Waals surface area contributed by atoms with E-state index < -0.39 is 0 Å². The van der Waals surface area contributed by atoms with Gasteiger partial charge in [-0.25, -0.2) is 0 Å². The third-order valence-corrected chi connectivity index (χ3v) is 4.86. The van der Waals surface area contributed by atoms with E-state index in [1.165, 1.54) is 6.08 Å². The van der Waals surface area contributed by atoms with Crippen LogP contribution in [-0.2, 0) is 4.79 Å². The molecule has 0 fully saturated rings. The molecule has 1 amide bonds. The lowest BCUT2D eigenvalue weighted by Gasteiger charge is -2.10. The summed E-state index contributed by atoms with van der Waals surface area (Å²) in [6.07, 6.45) is 1.52. The lowest BCUT2D eigenvalue weighted by Crippen LogP contribution is -2.20. The van der Waals surface area contributed by atoms with Gasteiger partial charge >= 0.3 is 0 Å². The number of amides is 1. The van der Waals surface area contributed by atoms with Gasteiger partial charge in [0, 0.05) is 22.4 Å². The molecule has 0 aromatic heterocycles. The highest BCUT2D eigenvalue weighted by Crippen LogP contribution is 2.30. The first kappa shape index (κ1) is 20.1. The van der Waals surface area contributed by atoms with Crippen molar-refractivity contribution in [3.63, 3.8) is 0 Å². The van der Waals surface area contributed by atoms with Crippen LogP contribution in [0.5, 0.6) is 11.5 Å². The number of nitrogens with one attached hydrogen (secondary N) is 1. The summed E-state index contributed by atoms with van der Waals surface area (Å²) < 4.78 is 10.8. The third kappa shape index (κ3) is 4.23. The second-order valence-electron chi connectivity index (χ2n) is 6.87. The molecule has 0 radical (unpaired) electrons. The number of carbonyl (C=O) groups excluding carboxylic acids is 3. The van der Waals surface area contributed by atoms with Crippen molar-refractivity contribution in [1.82, 2.24) is 0 Å². The Morgan fingerprint density at radius 3 is 2.13 bits per heavy atom. The molecule has 3 aromatic rings. The molecule has 31 heavy (non-hydrogen) atoms. The molecule has 154 valence electrons. The lowest BCUT2D eigenvalue weighted by molar-refractivity contribution is -0.118. The molecule has 1 aliphatic carbocycles. The molecule has 0 saturated carbocycles. The summed E-state index contributed by atoms with van der Waals surface area (Å²) in [5, 5.41) is 2.74. The van der Waals surface area contributed by atoms with Crippen molar-refractivity contribution in [1.29, 1.82) is 0 Å². The van der Waals surface area contributed by atoms with E-state index in [4.69, 9.17) is 9.47 Å². The van der Waals surface area contributed by atoms with Crippen molar-refractivity contribution in [2.24, 2.45) is 0 Å². The minimum absolute atomic E-state index is 0.0833. The Labute approximate surface area is 179 Å². The number of carbonyl (C=O) groups is 3. The molecule has 6 heteroatoms. The van der Waals surface area contributed by atoms with E-state index in [1.54, 1.807) is 79.9 Å². The maximum Gasteiger partial charge on any atom is 0.262 e. The molecule has 1 N–H and O–H groups in total. The number of ketones is 2. The van der Waals surface area contributed by atoms with Crippen LogP contribution >= 0.6 is 0 Å². The first-order chi connectivity index (χ1) is 15.1. The Morgan fingerprint density at radius 2 is 1.48 bits per heavy atom. The zero-order chi connectivity index (χ0) is 21.8. The summed E-state index contributed by atoms with van der Waals surface area (Å²) in [4.78, 5) is 37.5. The maximum absolute atomic E-state index is 12.6. The number of benzene rings is 3. The molecule has 0 bridgehead atoms. The summed E-state index contributed by atoms with van der Waals surface area (Å²) in [7, 11) is 1.57. The molecule has 6 nitrogen and oxygen atoms in total. The van der Waals surface area contributed by atoms with E-state index in [0.29, 0.717) is 33.9 Å². The van der Waals surface area contributed by atoms with Gasteiger partial charge in [-0.05, 0) is 36.4 Å². The number of fused-ring (bicyclic) bond motifs is 1. The van der Waals surface area contributed by atoms with Gasteiger partial charge in [0.25, 0.3) is 5.91 Å². The number of rotatable bonds is 6. The molecule has 0 aliphatic heterocycles. The summed E-state index contributed by atoms with van der Waals surface area (Å²) in [5.41, 5.74) is 2.04. The second kappa shape index (κ2) is 8.67. The first-order valence-electron chi connectivity index (χ1n) is 9.62. The van der Waals surface area contributed by atoms with Crippen LogP contribution in [0.4, 0.5) is 5.69 Å². The van der Waals surface area contributed by atoms with Crippen LogP contribution in [0.15, 0.2) is 78.4 Å². The average molecular weight is 413 g/mol. The lowest BCUT2D eigenvalue weighted by atomic mass is 10.1. The van der Waals surface area contributed by atoms with Gasteiger partial charge < -0.3 is 14.8 Å². The minimum Gasteiger partial charge on any atom is -0.497 e. The van der Waals surface area contributed by atoms with Crippen molar-refractivity contribution >= 4 is 29.2 Å². The smallest absolute Gasteiger partial charge is 0.262 e. The minimum atomic E-state index is -0.340. The predicted molar refractivity (Wildman–Crippen MR) is 117 cm³/mol. The number of ether oxygens (including phenoxy) is 2. The molecule has 1 aliphatic rings. The molecule has 4 rings (SSSR count). The quantitative estimate of drug-likeness (QED) is 0.484. The van der Waals surface area contributed by atoms with Crippen LogP contribution in [0, 0.1) is 0 Å². The van der Waals surface area contributed by atoms with E-state index in [9.17, 15) is 14.4 Å². The third-order valence-electron chi connectivity index (χ3n) is 4.86. The molecule has 3 aromatic carbocycles. The van der Waals surface area contributed by atoms with Crippen LogP contribution in [0.1, 0.15) is 26.3 Å². The van der Waals surface area contributed by atoms with Gasteiger partial charge in [0.1, 0.15) is 11.5 Å². The largest absolute Gasteiger partial charge is 0.497 e. The van der Waals surface area contributed by atoms with Crippen LogP contribution in [0.3, 0.4) is 0 Å². The standard InChI is InChI=1S/C25H19NO5/c1-30-18-12-10-17(11-13-18)26-23(27)15-31-22-9-5-2-6-16(22)14-21-24(28)19-7-3-4-8-20(19)25(21)29/h2-14H,15H2,1H3,(H,26,27). The number of Topliss-reactive ketones (excluding diaryl/α,β-unsaturated/α-hetero) is 2. The van der Waals surface area contributed by atoms with Crippen LogP contribution < -0.4 is 14.8 Å². The number of allylic oxidation sites excluding steroid dienone is 1. The van der Waals surface area contributed by atoms with Crippen molar-refractivity contribution in [2.75, 3.05) is 19.0 Å². The van der Waals surface area contributed by atoms with Crippen molar-refractivity contribution in [3.05, 3.63) is 95.1 Å². The number of hydrogen-bond donors (Lipinski definition) is 1. The molecule has 0 saturated heterocycles. The summed E-state index contributed by atoms with van der Waals surface area (Å²) >= 11 is 0. The monoisotopic (exact) mass is 413 g/mol. The Kier molecular flexibility index (Phi) is 5.62. The Bertz CT molecular complexity index is 1160. The van der Waals surface area contributed by atoms with Crippen LogP contribution in [0.25, 0.3) is 6.08 Å². The molecule has 0 atom stereocenters. The number of methoxy groups -OCH3 is 1. The van der Waals surface area contributed by atoms with E-state index in [2.05, 4.69) is 5.32 Å². The van der Waals surface area contributed by atoms with Gasteiger partial charge in [0.05, 0.1) is 12.7 Å². The number of hydrogen-bond acceptors (Lipinski definition) is 5. The fourth-order valence-electron chi connectivity index (χ4n) is 3.30. The Hall–Kier alpha value is -4.19. The first-order valence-corrected chi connectivity index (χ1v) is 9.62.